The first kappa shape index (κ1) is 12.1. The van der Waals surface area contributed by atoms with Crippen molar-refractivity contribution < 1.29 is 14.5 Å². The minimum atomic E-state index is -0.822. The third-order valence-electron chi connectivity index (χ3n) is 1.81. The van der Waals surface area contributed by atoms with Crippen LogP contribution < -0.4 is 0 Å². The highest BCUT2D eigenvalue weighted by Crippen LogP contribution is 2.27. The number of benzene rings is 1. The molecule has 0 fully saturated rings. The second-order valence-electron chi connectivity index (χ2n) is 2.71. The monoisotopic (exact) mass is 284 g/mol. The molecule has 0 saturated carbocycles. The molecule has 1 aromatic carbocycles. The lowest BCUT2D eigenvalue weighted by molar-refractivity contribution is -0.385. The second kappa shape index (κ2) is 4.72. The number of nitro benzene ring substituents is 1. The van der Waals surface area contributed by atoms with Gasteiger partial charge < -0.3 is 4.74 Å². The number of carbonyl (C=O) groups is 1. The lowest BCUT2D eigenvalue weighted by atomic mass is 10.1. The topological polar surface area (TPSA) is 93.2 Å². The van der Waals surface area contributed by atoms with Crippen LogP contribution in [0.15, 0.2) is 16.6 Å². The predicted molar refractivity (Wildman–Crippen MR) is 56.9 cm³/mol. The Bertz CT molecular complexity index is 507. The van der Waals surface area contributed by atoms with Crippen LogP contribution in [0.1, 0.15) is 15.9 Å². The van der Waals surface area contributed by atoms with Crippen LogP contribution >= 0.6 is 15.9 Å². The van der Waals surface area contributed by atoms with Crippen LogP contribution in [-0.2, 0) is 4.74 Å². The van der Waals surface area contributed by atoms with Gasteiger partial charge in [-0.1, -0.05) is 0 Å². The zero-order chi connectivity index (χ0) is 12.3. The van der Waals surface area contributed by atoms with Gasteiger partial charge in [-0.3, -0.25) is 10.1 Å². The van der Waals surface area contributed by atoms with Crippen LogP contribution in [-0.4, -0.2) is 18.0 Å². The van der Waals surface area contributed by atoms with Gasteiger partial charge in [-0.05, 0) is 22.0 Å². The highest BCUT2D eigenvalue weighted by Gasteiger charge is 2.23. The number of esters is 1. The Hall–Kier alpha value is -1.94. The average Bonchev–Trinajstić information content (AvgIpc) is 2.27. The average molecular weight is 285 g/mol. The van der Waals surface area contributed by atoms with Gasteiger partial charge in [0.05, 0.1) is 17.6 Å². The van der Waals surface area contributed by atoms with Crippen LogP contribution in [0.3, 0.4) is 0 Å². The number of carbonyl (C=O) groups excluding carboxylic acids is 1. The van der Waals surface area contributed by atoms with Crippen molar-refractivity contribution in [1.29, 1.82) is 5.26 Å². The zero-order valence-electron chi connectivity index (χ0n) is 8.06. The molecule has 16 heavy (non-hydrogen) atoms. The summed E-state index contributed by atoms with van der Waals surface area (Å²) >= 11 is 3.04. The van der Waals surface area contributed by atoms with Crippen LogP contribution in [0, 0.1) is 21.4 Å². The third kappa shape index (κ3) is 2.17. The quantitative estimate of drug-likeness (QED) is 0.470. The molecule has 0 spiro atoms. The number of hydrogen-bond acceptors (Lipinski definition) is 5. The molecule has 82 valence electrons. The van der Waals surface area contributed by atoms with E-state index >= 15 is 0 Å². The minimum absolute atomic E-state index is 0.0827. The summed E-state index contributed by atoms with van der Waals surface area (Å²) < 4.78 is 4.71. The van der Waals surface area contributed by atoms with E-state index in [9.17, 15) is 14.9 Å². The number of ether oxygens (including phenoxy) is 1. The molecule has 0 aliphatic carbocycles. The maximum Gasteiger partial charge on any atom is 0.344 e. The highest BCUT2D eigenvalue weighted by molar-refractivity contribution is 9.10. The fourth-order valence-corrected chi connectivity index (χ4v) is 1.50. The van der Waals surface area contributed by atoms with Crippen molar-refractivity contribution in [3.05, 3.63) is 37.8 Å². The van der Waals surface area contributed by atoms with Crippen molar-refractivity contribution in [2.24, 2.45) is 0 Å². The van der Waals surface area contributed by atoms with Crippen LogP contribution in [0.2, 0.25) is 0 Å². The maximum absolute atomic E-state index is 11.3. The number of methoxy groups -OCH3 is 1. The number of rotatable bonds is 2. The first-order valence-corrected chi connectivity index (χ1v) is 4.77. The highest BCUT2D eigenvalue weighted by atomic mass is 79.9. The van der Waals surface area contributed by atoms with E-state index in [0.29, 0.717) is 4.47 Å². The normalized spacial score (nSPS) is 9.31. The van der Waals surface area contributed by atoms with Gasteiger partial charge in [0.1, 0.15) is 11.6 Å². The van der Waals surface area contributed by atoms with E-state index in [1.165, 1.54) is 6.07 Å². The first-order valence-electron chi connectivity index (χ1n) is 3.97. The van der Waals surface area contributed by atoms with Gasteiger partial charge in [-0.15, -0.1) is 0 Å². The first-order chi connectivity index (χ1) is 7.51. The molecule has 0 aliphatic rings. The molecule has 0 heterocycles. The van der Waals surface area contributed by atoms with E-state index in [1.54, 1.807) is 6.07 Å². The molecule has 0 aliphatic heterocycles. The summed E-state index contributed by atoms with van der Waals surface area (Å²) in [6.45, 7) is 0. The van der Waals surface area contributed by atoms with Crippen molar-refractivity contribution in [2.75, 3.05) is 7.11 Å². The van der Waals surface area contributed by atoms with E-state index < -0.39 is 16.6 Å². The number of nitrogens with zero attached hydrogens (tertiary/aromatic N) is 2. The molecule has 0 radical (unpaired) electrons. The molecule has 0 saturated heterocycles. The fraction of sp³-hybridized carbons (Fsp3) is 0.111. The molecule has 7 heteroatoms. The summed E-state index contributed by atoms with van der Waals surface area (Å²) in [5.74, 6) is -0.822. The molecule has 0 N–H and O–H groups in total. The van der Waals surface area contributed by atoms with E-state index in [4.69, 9.17) is 5.26 Å². The molecule has 1 aromatic rings. The molecule has 6 nitrogen and oxygen atoms in total. The summed E-state index contributed by atoms with van der Waals surface area (Å²) in [5, 5.41) is 19.4. The zero-order valence-corrected chi connectivity index (χ0v) is 9.65. The fourth-order valence-electron chi connectivity index (χ4n) is 1.07. The Morgan fingerprint density at radius 2 is 2.25 bits per heavy atom. The lowest BCUT2D eigenvalue weighted by Crippen LogP contribution is -2.06. The van der Waals surface area contributed by atoms with Gasteiger partial charge in [0.15, 0.2) is 0 Å². The van der Waals surface area contributed by atoms with Crippen LogP contribution in [0.4, 0.5) is 5.69 Å². The van der Waals surface area contributed by atoms with Crippen molar-refractivity contribution in [2.45, 2.75) is 0 Å². The second-order valence-corrected chi connectivity index (χ2v) is 3.56. The Kier molecular flexibility index (Phi) is 3.58. The molecule has 0 amide bonds. The van der Waals surface area contributed by atoms with Gasteiger partial charge in [0.2, 0.25) is 0 Å². The molecule has 0 unspecified atom stereocenters. The molecule has 0 bridgehead atoms. The summed E-state index contributed by atoms with van der Waals surface area (Å²) in [6.07, 6.45) is 0. The predicted octanol–water partition coefficient (Wildman–Crippen LogP) is 2.02. The third-order valence-corrected chi connectivity index (χ3v) is 2.46. The smallest absolute Gasteiger partial charge is 0.344 e. The van der Waals surface area contributed by atoms with E-state index in [-0.39, 0.29) is 11.1 Å². The van der Waals surface area contributed by atoms with Crippen molar-refractivity contribution in [3.63, 3.8) is 0 Å². The van der Waals surface area contributed by atoms with Gasteiger partial charge in [0.25, 0.3) is 5.69 Å². The van der Waals surface area contributed by atoms with Crippen LogP contribution in [0.5, 0.6) is 0 Å². The summed E-state index contributed by atoms with van der Waals surface area (Å²) in [5.41, 5.74) is -0.565. The van der Waals surface area contributed by atoms with E-state index in [2.05, 4.69) is 20.7 Å². The summed E-state index contributed by atoms with van der Waals surface area (Å²) in [7, 11) is 1.12. The standard InChI is InChI=1S/C9H5BrN2O4/c1-16-9(13)6-3-7(10)5(4-11)2-8(6)12(14)15/h2-3H,1H3. The number of halogens is 1. The minimum Gasteiger partial charge on any atom is -0.465 e. The maximum atomic E-state index is 11.3. The number of hydrogen-bond donors (Lipinski definition) is 0. The Labute approximate surface area is 98.7 Å². The van der Waals surface area contributed by atoms with Gasteiger partial charge >= 0.3 is 5.97 Å². The van der Waals surface area contributed by atoms with Gasteiger partial charge in [-0.2, -0.15) is 5.26 Å². The van der Waals surface area contributed by atoms with Gasteiger partial charge in [0, 0.05) is 10.5 Å². The SMILES string of the molecule is COC(=O)c1cc(Br)c(C#N)cc1[N+](=O)[O-]. The molecule has 0 aromatic heterocycles. The molecule has 0 atom stereocenters. The molecular formula is C9H5BrN2O4. The lowest BCUT2D eigenvalue weighted by Gasteiger charge is -2.02. The molecular weight excluding hydrogens is 280 g/mol. The van der Waals surface area contributed by atoms with Crippen LogP contribution in [0.25, 0.3) is 0 Å². The summed E-state index contributed by atoms with van der Waals surface area (Å²) in [6, 6.07) is 3.99. The number of nitro groups is 1. The number of nitriles is 1. The largest absolute Gasteiger partial charge is 0.465 e. The van der Waals surface area contributed by atoms with Crippen molar-refractivity contribution >= 4 is 27.6 Å². The Morgan fingerprint density at radius 3 is 2.69 bits per heavy atom. The van der Waals surface area contributed by atoms with Gasteiger partial charge in [-0.25, -0.2) is 4.79 Å². The van der Waals surface area contributed by atoms with E-state index in [0.717, 1.165) is 13.2 Å². The van der Waals surface area contributed by atoms with E-state index in [1.807, 2.05) is 0 Å². The Balaban J connectivity index is 3.49. The summed E-state index contributed by atoms with van der Waals surface area (Å²) in [4.78, 5) is 21.2. The van der Waals surface area contributed by atoms with Crippen molar-refractivity contribution in [3.8, 4) is 6.07 Å². The molecule has 1 rings (SSSR count). The Morgan fingerprint density at radius 1 is 1.62 bits per heavy atom. The van der Waals surface area contributed by atoms with Crippen molar-refractivity contribution in [1.82, 2.24) is 0 Å².